The number of nitrogens with one attached hydrogen (secondary N) is 1. The van der Waals surface area contributed by atoms with Crippen molar-refractivity contribution < 1.29 is 4.39 Å². The fourth-order valence-electron chi connectivity index (χ4n) is 1.73. The van der Waals surface area contributed by atoms with E-state index in [0.29, 0.717) is 0 Å². The molecule has 0 saturated heterocycles. The number of halogens is 1. The van der Waals surface area contributed by atoms with Gasteiger partial charge in [0.25, 0.3) is 0 Å². The van der Waals surface area contributed by atoms with Crippen LogP contribution < -0.4 is 0 Å². The van der Waals surface area contributed by atoms with E-state index in [1.54, 1.807) is 12.1 Å². The fraction of sp³-hybridized carbons (Fsp3) is 0. The summed E-state index contributed by atoms with van der Waals surface area (Å²) in [6.45, 7) is 0. The highest BCUT2D eigenvalue weighted by molar-refractivity contribution is 5.92. The standard InChI is InChI=1S/C13H8FN2/c14-10-7-5-9(6-8-10)13-11-3-1-2-4-12(11)15-16-13/h2-8H,(H,15,16). The normalized spacial score (nSPS) is 10.8. The highest BCUT2D eigenvalue weighted by Gasteiger charge is 2.06. The topological polar surface area (TPSA) is 28.7 Å². The predicted molar refractivity (Wildman–Crippen MR) is 60.3 cm³/mol. The summed E-state index contributed by atoms with van der Waals surface area (Å²) in [6, 6.07) is 14.9. The lowest BCUT2D eigenvalue weighted by molar-refractivity contribution is 0.628. The Labute approximate surface area is 91.7 Å². The lowest BCUT2D eigenvalue weighted by Crippen LogP contribution is -1.79. The molecule has 3 rings (SSSR count). The van der Waals surface area contributed by atoms with Gasteiger partial charge in [0, 0.05) is 10.9 Å². The largest absolute Gasteiger partial charge is 0.277 e. The molecule has 1 N–H and O–H groups in total. The highest BCUT2D eigenvalue weighted by Crippen LogP contribution is 2.25. The first-order chi connectivity index (χ1) is 7.84. The fourth-order valence-corrected chi connectivity index (χ4v) is 1.73. The van der Waals surface area contributed by atoms with Crippen molar-refractivity contribution in [3.8, 4) is 11.3 Å². The lowest BCUT2D eigenvalue weighted by atomic mass is 10.1. The van der Waals surface area contributed by atoms with E-state index in [9.17, 15) is 4.39 Å². The Morgan fingerprint density at radius 1 is 1.12 bits per heavy atom. The Morgan fingerprint density at radius 2 is 1.94 bits per heavy atom. The van der Waals surface area contributed by atoms with Crippen LogP contribution >= 0.6 is 0 Å². The smallest absolute Gasteiger partial charge is 0.123 e. The first-order valence-corrected chi connectivity index (χ1v) is 4.95. The van der Waals surface area contributed by atoms with Crippen molar-refractivity contribution in [1.29, 1.82) is 0 Å². The van der Waals surface area contributed by atoms with Crippen LogP contribution in [0.3, 0.4) is 0 Å². The van der Waals surface area contributed by atoms with E-state index in [2.05, 4.69) is 16.3 Å². The molecule has 2 nitrogen and oxygen atoms in total. The minimum absolute atomic E-state index is 0.241. The Hall–Kier alpha value is -2.16. The third-order valence-electron chi connectivity index (χ3n) is 2.53. The van der Waals surface area contributed by atoms with Gasteiger partial charge >= 0.3 is 0 Å². The molecule has 0 saturated carbocycles. The van der Waals surface area contributed by atoms with Crippen LogP contribution in [0.15, 0.2) is 42.5 Å². The Kier molecular flexibility index (Phi) is 1.96. The van der Waals surface area contributed by atoms with Crippen molar-refractivity contribution in [3.05, 3.63) is 54.3 Å². The summed E-state index contributed by atoms with van der Waals surface area (Å²) >= 11 is 0. The molecule has 2 aromatic carbocycles. The van der Waals surface area contributed by atoms with Crippen molar-refractivity contribution in [2.75, 3.05) is 0 Å². The van der Waals surface area contributed by atoms with Gasteiger partial charge in [-0.3, -0.25) is 5.10 Å². The van der Waals surface area contributed by atoms with E-state index < -0.39 is 0 Å². The minimum Gasteiger partial charge on any atom is -0.277 e. The molecule has 1 radical (unpaired) electrons. The first-order valence-electron chi connectivity index (χ1n) is 4.95. The maximum Gasteiger partial charge on any atom is 0.123 e. The molecule has 3 heteroatoms. The van der Waals surface area contributed by atoms with Gasteiger partial charge in [-0.1, -0.05) is 6.07 Å². The summed E-state index contributed by atoms with van der Waals surface area (Å²) in [7, 11) is 0. The quantitative estimate of drug-likeness (QED) is 0.658. The van der Waals surface area contributed by atoms with E-state index in [4.69, 9.17) is 0 Å². The van der Waals surface area contributed by atoms with E-state index in [-0.39, 0.29) is 5.82 Å². The number of hydrogen-bond acceptors (Lipinski definition) is 1. The molecular weight excluding hydrogens is 203 g/mol. The monoisotopic (exact) mass is 211 g/mol. The van der Waals surface area contributed by atoms with Crippen LogP contribution in [0, 0.1) is 11.9 Å². The van der Waals surface area contributed by atoms with Crippen LogP contribution in [0.1, 0.15) is 0 Å². The molecule has 1 aromatic heterocycles. The second kappa shape index (κ2) is 3.45. The van der Waals surface area contributed by atoms with Crippen LogP contribution in [0.2, 0.25) is 0 Å². The van der Waals surface area contributed by atoms with Gasteiger partial charge in [0.2, 0.25) is 0 Å². The summed E-state index contributed by atoms with van der Waals surface area (Å²) in [5.74, 6) is -0.241. The molecule has 0 fully saturated rings. The molecular formula is C13H8FN2. The zero-order chi connectivity index (χ0) is 11.0. The number of aromatic amines is 1. The van der Waals surface area contributed by atoms with Gasteiger partial charge in [0.1, 0.15) is 5.82 Å². The van der Waals surface area contributed by atoms with Crippen LogP contribution in [0.4, 0.5) is 4.39 Å². The molecule has 0 atom stereocenters. The van der Waals surface area contributed by atoms with Gasteiger partial charge in [-0.15, -0.1) is 0 Å². The summed E-state index contributed by atoms with van der Waals surface area (Å²) in [5, 5.41) is 8.16. The van der Waals surface area contributed by atoms with Crippen molar-refractivity contribution in [2.45, 2.75) is 0 Å². The van der Waals surface area contributed by atoms with E-state index in [1.165, 1.54) is 12.1 Å². The van der Waals surface area contributed by atoms with Crippen molar-refractivity contribution >= 4 is 10.9 Å². The van der Waals surface area contributed by atoms with E-state index in [0.717, 1.165) is 22.2 Å². The van der Waals surface area contributed by atoms with Gasteiger partial charge < -0.3 is 0 Å². The second-order valence-electron chi connectivity index (χ2n) is 3.55. The van der Waals surface area contributed by atoms with Crippen molar-refractivity contribution in [2.24, 2.45) is 0 Å². The SMILES string of the molecule is Fc1ccc(-c2n[nH]c3cc[c]cc23)cc1. The summed E-state index contributed by atoms with van der Waals surface area (Å²) in [5.41, 5.74) is 2.68. The number of aromatic nitrogens is 2. The zero-order valence-electron chi connectivity index (χ0n) is 8.37. The molecule has 1 heterocycles. The third kappa shape index (κ3) is 1.37. The van der Waals surface area contributed by atoms with Crippen molar-refractivity contribution in [1.82, 2.24) is 10.2 Å². The molecule has 0 aliphatic rings. The van der Waals surface area contributed by atoms with Crippen LogP contribution in [-0.4, -0.2) is 10.2 Å². The van der Waals surface area contributed by atoms with Gasteiger partial charge in [-0.2, -0.15) is 5.10 Å². The average Bonchev–Trinajstić information content (AvgIpc) is 2.74. The summed E-state index contributed by atoms with van der Waals surface area (Å²) in [4.78, 5) is 0. The molecule has 0 amide bonds. The van der Waals surface area contributed by atoms with Gasteiger partial charge in [0.05, 0.1) is 11.2 Å². The zero-order valence-corrected chi connectivity index (χ0v) is 8.37. The van der Waals surface area contributed by atoms with E-state index in [1.807, 2.05) is 18.2 Å². The number of benzene rings is 2. The maximum absolute atomic E-state index is 12.8. The molecule has 16 heavy (non-hydrogen) atoms. The second-order valence-corrected chi connectivity index (χ2v) is 3.55. The molecule has 0 bridgehead atoms. The Balaban J connectivity index is 2.22. The molecule has 0 spiro atoms. The predicted octanol–water partition coefficient (Wildman–Crippen LogP) is 3.17. The molecule has 77 valence electrons. The number of rotatable bonds is 1. The van der Waals surface area contributed by atoms with E-state index >= 15 is 0 Å². The summed E-state index contributed by atoms with van der Waals surface area (Å²) < 4.78 is 12.8. The molecule has 3 aromatic rings. The number of nitrogens with zero attached hydrogens (tertiary/aromatic N) is 1. The maximum atomic E-state index is 12.8. The molecule has 0 aliphatic carbocycles. The first kappa shape index (κ1) is 9.09. The Morgan fingerprint density at radius 3 is 2.75 bits per heavy atom. The average molecular weight is 211 g/mol. The van der Waals surface area contributed by atoms with Crippen LogP contribution in [0.25, 0.3) is 22.2 Å². The molecule has 0 aliphatic heterocycles. The number of hydrogen-bond donors (Lipinski definition) is 1. The molecule has 0 unspecified atom stereocenters. The lowest BCUT2D eigenvalue weighted by Gasteiger charge is -1.96. The number of fused-ring (bicyclic) bond motifs is 1. The minimum atomic E-state index is -0.241. The third-order valence-corrected chi connectivity index (χ3v) is 2.53. The van der Waals surface area contributed by atoms with Gasteiger partial charge in [-0.25, -0.2) is 4.39 Å². The van der Waals surface area contributed by atoms with Crippen LogP contribution in [-0.2, 0) is 0 Å². The number of H-pyrrole nitrogens is 1. The van der Waals surface area contributed by atoms with Crippen molar-refractivity contribution in [3.63, 3.8) is 0 Å². The highest BCUT2D eigenvalue weighted by atomic mass is 19.1. The van der Waals surface area contributed by atoms with Gasteiger partial charge in [-0.05, 0) is 42.5 Å². The summed E-state index contributed by atoms with van der Waals surface area (Å²) in [6.07, 6.45) is 0. The van der Waals surface area contributed by atoms with Gasteiger partial charge in [0.15, 0.2) is 0 Å². The Bertz CT molecular complexity index is 626. The van der Waals surface area contributed by atoms with Crippen LogP contribution in [0.5, 0.6) is 0 Å².